The summed E-state index contributed by atoms with van der Waals surface area (Å²) < 4.78 is 29.0. The van der Waals surface area contributed by atoms with Gasteiger partial charge in [-0.15, -0.1) is 0 Å². The lowest BCUT2D eigenvalue weighted by Gasteiger charge is -2.17. The smallest absolute Gasteiger partial charge is 0.321 e. The van der Waals surface area contributed by atoms with Crippen LogP contribution in [-0.4, -0.2) is 63.5 Å². The molecule has 0 aliphatic heterocycles. The van der Waals surface area contributed by atoms with E-state index in [1.54, 1.807) is 0 Å². The van der Waals surface area contributed by atoms with Crippen LogP contribution in [0, 0.1) is 0 Å². The maximum Gasteiger partial charge on any atom is 0.321 e. The minimum atomic E-state index is -3.38. The van der Waals surface area contributed by atoms with Gasteiger partial charge in [0, 0.05) is 33.0 Å². The van der Waals surface area contributed by atoms with Gasteiger partial charge in [0.05, 0.1) is 17.1 Å². The van der Waals surface area contributed by atoms with Gasteiger partial charge in [0.1, 0.15) is 0 Å². The predicted molar refractivity (Wildman–Crippen MR) is 88.9 cm³/mol. The molecule has 0 spiro atoms. The van der Waals surface area contributed by atoms with E-state index in [4.69, 9.17) is 9.84 Å². The van der Waals surface area contributed by atoms with Gasteiger partial charge >= 0.3 is 12.0 Å². The number of sulfone groups is 1. The molecule has 2 N–H and O–H groups in total. The highest BCUT2D eigenvalue weighted by Crippen LogP contribution is 2.16. The van der Waals surface area contributed by atoms with Crippen LogP contribution in [0.3, 0.4) is 0 Å². The lowest BCUT2D eigenvalue weighted by Crippen LogP contribution is -2.33. The van der Waals surface area contributed by atoms with Gasteiger partial charge < -0.3 is 20.1 Å². The second kappa shape index (κ2) is 9.24. The van der Waals surface area contributed by atoms with E-state index < -0.39 is 21.8 Å². The van der Waals surface area contributed by atoms with Crippen molar-refractivity contribution < 1.29 is 27.9 Å². The summed E-state index contributed by atoms with van der Waals surface area (Å²) in [5.41, 5.74) is 0.429. The van der Waals surface area contributed by atoms with Crippen molar-refractivity contribution >= 4 is 27.5 Å². The van der Waals surface area contributed by atoms with E-state index in [9.17, 15) is 18.0 Å². The number of carboxylic acids is 1. The lowest BCUT2D eigenvalue weighted by molar-refractivity contribution is -0.137. The number of nitrogens with one attached hydrogen (secondary N) is 1. The third-order valence-corrected chi connectivity index (χ3v) is 5.05. The van der Waals surface area contributed by atoms with Gasteiger partial charge in [-0.1, -0.05) is 0 Å². The topological polar surface area (TPSA) is 113 Å². The molecule has 24 heavy (non-hydrogen) atoms. The molecule has 0 saturated carbocycles. The number of urea groups is 1. The van der Waals surface area contributed by atoms with Crippen molar-refractivity contribution in [2.24, 2.45) is 0 Å². The molecule has 0 aliphatic rings. The van der Waals surface area contributed by atoms with E-state index in [1.165, 1.54) is 43.3 Å². The fourth-order valence-corrected chi connectivity index (χ4v) is 3.12. The van der Waals surface area contributed by atoms with Crippen molar-refractivity contribution in [2.75, 3.05) is 38.4 Å². The molecule has 0 unspecified atom stereocenters. The molecular weight excluding hydrogens is 336 g/mol. The first-order valence-electron chi connectivity index (χ1n) is 7.32. The van der Waals surface area contributed by atoms with Crippen LogP contribution in [-0.2, 0) is 19.4 Å². The Labute approximate surface area is 141 Å². The first-order chi connectivity index (χ1) is 11.3. The summed E-state index contributed by atoms with van der Waals surface area (Å²) in [7, 11) is -0.390. The Hall–Kier alpha value is -2.13. The predicted octanol–water partition coefficient (Wildman–Crippen LogP) is 1.44. The number of rotatable bonds is 9. The second-order valence-electron chi connectivity index (χ2n) is 5.19. The van der Waals surface area contributed by atoms with E-state index in [-0.39, 0.29) is 23.6 Å². The van der Waals surface area contributed by atoms with Crippen LogP contribution >= 0.6 is 0 Å². The Balaban J connectivity index is 2.64. The van der Waals surface area contributed by atoms with E-state index >= 15 is 0 Å². The summed E-state index contributed by atoms with van der Waals surface area (Å²) in [5.74, 6) is -0.998. The molecular formula is C15H22N2O6S. The van der Waals surface area contributed by atoms with Crippen LogP contribution in [0.25, 0.3) is 0 Å². The van der Waals surface area contributed by atoms with Crippen LogP contribution in [0.1, 0.15) is 12.8 Å². The number of carbonyl (C=O) groups is 2. The summed E-state index contributed by atoms with van der Waals surface area (Å²) in [6.07, 6.45) is 0.258. The fourth-order valence-electron chi connectivity index (χ4n) is 1.84. The highest BCUT2D eigenvalue weighted by Gasteiger charge is 2.15. The number of methoxy groups -OCH3 is 1. The Kier molecular flexibility index (Phi) is 7.66. The van der Waals surface area contributed by atoms with Crippen molar-refractivity contribution in [1.29, 1.82) is 0 Å². The van der Waals surface area contributed by atoms with Gasteiger partial charge in [0.15, 0.2) is 9.84 Å². The molecule has 0 heterocycles. The second-order valence-corrected chi connectivity index (χ2v) is 7.29. The quantitative estimate of drug-likeness (QED) is 0.646. The van der Waals surface area contributed by atoms with Crippen molar-refractivity contribution in [3.63, 3.8) is 0 Å². The number of amides is 2. The van der Waals surface area contributed by atoms with Gasteiger partial charge in [-0.05, 0) is 30.7 Å². The van der Waals surface area contributed by atoms with Gasteiger partial charge in [0.2, 0.25) is 0 Å². The first kappa shape index (κ1) is 19.9. The van der Waals surface area contributed by atoms with Crippen LogP contribution < -0.4 is 5.32 Å². The summed E-state index contributed by atoms with van der Waals surface area (Å²) in [6, 6.07) is 5.37. The molecule has 0 radical (unpaired) electrons. The zero-order chi connectivity index (χ0) is 18.2. The number of ether oxygens (including phenoxy) is 1. The minimum Gasteiger partial charge on any atom is -0.481 e. The molecule has 0 bridgehead atoms. The average Bonchev–Trinajstić information content (AvgIpc) is 2.53. The summed E-state index contributed by atoms with van der Waals surface area (Å²) >= 11 is 0. The lowest BCUT2D eigenvalue weighted by atomic mass is 10.3. The standard InChI is InChI=1S/C15H22N2O6S/c1-17(9-8-14(18)19)15(20)16-12-4-6-13(7-5-12)24(21,22)11-3-10-23-2/h4-7H,3,8-11H2,1-2H3,(H,16,20)(H,18,19). The molecule has 1 aromatic rings. The number of nitrogens with zero attached hydrogens (tertiary/aromatic N) is 1. The zero-order valence-corrected chi connectivity index (χ0v) is 14.5. The monoisotopic (exact) mass is 358 g/mol. The van der Waals surface area contributed by atoms with Crippen LogP contribution in [0.15, 0.2) is 29.2 Å². The summed E-state index contributed by atoms with van der Waals surface area (Å²) in [4.78, 5) is 23.8. The number of carboxylic acid groups (broad SMARTS) is 1. The number of benzene rings is 1. The third kappa shape index (κ3) is 6.55. The van der Waals surface area contributed by atoms with Gasteiger partial charge in [-0.2, -0.15) is 0 Å². The van der Waals surface area contributed by atoms with E-state index in [2.05, 4.69) is 5.32 Å². The van der Waals surface area contributed by atoms with Crippen molar-refractivity contribution in [1.82, 2.24) is 4.90 Å². The Morgan fingerprint density at radius 2 is 1.88 bits per heavy atom. The number of hydrogen-bond acceptors (Lipinski definition) is 5. The largest absolute Gasteiger partial charge is 0.481 e. The molecule has 0 saturated heterocycles. The zero-order valence-electron chi connectivity index (χ0n) is 13.7. The first-order valence-corrected chi connectivity index (χ1v) is 8.97. The minimum absolute atomic E-state index is 0.00945. The number of aliphatic carboxylic acids is 1. The van der Waals surface area contributed by atoms with Crippen molar-refractivity contribution in [3.05, 3.63) is 24.3 Å². The molecule has 134 valence electrons. The maximum atomic E-state index is 12.1. The van der Waals surface area contributed by atoms with Gasteiger partial charge in [-0.25, -0.2) is 13.2 Å². The van der Waals surface area contributed by atoms with Gasteiger partial charge in [0.25, 0.3) is 0 Å². The molecule has 1 aromatic carbocycles. The average molecular weight is 358 g/mol. The number of anilines is 1. The molecule has 9 heteroatoms. The highest BCUT2D eigenvalue weighted by molar-refractivity contribution is 7.91. The molecule has 0 atom stereocenters. The third-order valence-electron chi connectivity index (χ3n) is 3.23. The Morgan fingerprint density at radius 3 is 2.42 bits per heavy atom. The summed E-state index contributed by atoms with van der Waals surface area (Å²) in [5, 5.41) is 11.2. The molecule has 1 rings (SSSR count). The highest BCUT2D eigenvalue weighted by atomic mass is 32.2. The number of hydrogen-bond donors (Lipinski definition) is 2. The SMILES string of the molecule is COCCCS(=O)(=O)c1ccc(NC(=O)N(C)CCC(=O)O)cc1. The molecule has 0 fully saturated rings. The summed E-state index contributed by atoms with van der Waals surface area (Å²) in [6.45, 7) is 0.448. The van der Waals surface area contributed by atoms with E-state index in [1.807, 2.05) is 0 Å². The van der Waals surface area contributed by atoms with Crippen LogP contribution in [0.5, 0.6) is 0 Å². The number of carbonyl (C=O) groups excluding carboxylic acids is 1. The molecule has 8 nitrogen and oxygen atoms in total. The Morgan fingerprint density at radius 1 is 1.25 bits per heavy atom. The fraction of sp³-hybridized carbons (Fsp3) is 0.467. The Bertz CT molecular complexity index is 657. The van der Waals surface area contributed by atoms with Crippen molar-refractivity contribution in [3.8, 4) is 0 Å². The normalized spacial score (nSPS) is 11.1. The molecule has 2 amide bonds. The van der Waals surface area contributed by atoms with E-state index in [0.717, 1.165) is 0 Å². The maximum absolute atomic E-state index is 12.1. The molecule has 0 aliphatic carbocycles. The molecule has 0 aromatic heterocycles. The van der Waals surface area contributed by atoms with Crippen LogP contribution in [0.4, 0.5) is 10.5 Å². The van der Waals surface area contributed by atoms with E-state index in [0.29, 0.717) is 18.7 Å². The van der Waals surface area contributed by atoms with Crippen LogP contribution in [0.2, 0.25) is 0 Å². The van der Waals surface area contributed by atoms with Gasteiger partial charge in [-0.3, -0.25) is 4.79 Å². The van der Waals surface area contributed by atoms with Crippen molar-refractivity contribution in [2.45, 2.75) is 17.7 Å².